The minimum Gasteiger partial charge on any atom is -0.381 e. The summed E-state index contributed by atoms with van der Waals surface area (Å²) in [6.45, 7) is 6.48. The van der Waals surface area contributed by atoms with E-state index in [0.29, 0.717) is 38.5 Å². The van der Waals surface area contributed by atoms with Gasteiger partial charge >= 0.3 is 0 Å². The van der Waals surface area contributed by atoms with Gasteiger partial charge in [-0.25, -0.2) is 13.1 Å². The van der Waals surface area contributed by atoms with Gasteiger partial charge in [0, 0.05) is 19.8 Å². The summed E-state index contributed by atoms with van der Waals surface area (Å²) in [7, 11) is -3.12. The van der Waals surface area contributed by atoms with Crippen molar-refractivity contribution >= 4 is 10.0 Å². The Morgan fingerprint density at radius 1 is 1.24 bits per heavy atom. The molecule has 0 aromatic rings. The van der Waals surface area contributed by atoms with Crippen LogP contribution in [0, 0.1) is 5.92 Å². The van der Waals surface area contributed by atoms with Gasteiger partial charge in [-0.1, -0.05) is 13.8 Å². The summed E-state index contributed by atoms with van der Waals surface area (Å²) in [4.78, 5) is 0. The Hall–Kier alpha value is -0.170. The van der Waals surface area contributed by atoms with Crippen LogP contribution in [0.25, 0.3) is 0 Å². The van der Waals surface area contributed by atoms with E-state index >= 15 is 0 Å². The summed E-state index contributed by atoms with van der Waals surface area (Å²) >= 11 is 0. The second-order valence-electron chi connectivity index (χ2n) is 4.53. The predicted molar refractivity (Wildman–Crippen MR) is 70.4 cm³/mol. The molecule has 0 aromatic heterocycles. The highest BCUT2D eigenvalue weighted by Crippen LogP contribution is 1.95. The first kappa shape index (κ1) is 16.8. The smallest absolute Gasteiger partial charge is 0.211 e. The van der Waals surface area contributed by atoms with E-state index in [9.17, 15) is 8.42 Å². The lowest BCUT2D eigenvalue weighted by Gasteiger charge is -2.08. The van der Waals surface area contributed by atoms with Crippen LogP contribution in [-0.2, 0) is 14.8 Å². The lowest BCUT2D eigenvalue weighted by atomic mass is 10.2. The second-order valence-corrected chi connectivity index (χ2v) is 6.46. The fourth-order valence-electron chi connectivity index (χ4n) is 1.23. The Morgan fingerprint density at radius 2 is 1.94 bits per heavy atom. The van der Waals surface area contributed by atoms with Crippen LogP contribution in [0.2, 0.25) is 0 Å². The molecule has 0 aliphatic rings. The van der Waals surface area contributed by atoms with E-state index in [0.717, 1.165) is 13.0 Å². The first-order chi connectivity index (χ1) is 7.98. The number of unbranched alkanes of at least 4 members (excludes halogenated alkanes) is 1. The third kappa shape index (κ3) is 12.1. The van der Waals surface area contributed by atoms with Crippen LogP contribution >= 0.6 is 0 Å². The fraction of sp³-hybridized carbons (Fsp3) is 1.00. The van der Waals surface area contributed by atoms with Crippen molar-refractivity contribution in [2.75, 3.05) is 32.1 Å². The van der Waals surface area contributed by atoms with Crippen molar-refractivity contribution in [3.05, 3.63) is 0 Å². The van der Waals surface area contributed by atoms with Crippen LogP contribution in [0.5, 0.6) is 0 Å². The first-order valence-electron chi connectivity index (χ1n) is 6.23. The predicted octanol–water partition coefficient (Wildman–Crippen LogP) is 0.707. The molecule has 104 valence electrons. The fourth-order valence-corrected chi connectivity index (χ4v) is 2.41. The van der Waals surface area contributed by atoms with Crippen molar-refractivity contribution in [1.82, 2.24) is 4.72 Å². The van der Waals surface area contributed by atoms with E-state index in [4.69, 9.17) is 10.5 Å². The maximum absolute atomic E-state index is 11.5. The van der Waals surface area contributed by atoms with E-state index in [-0.39, 0.29) is 5.75 Å². The summed E-state index contributed by atoms with van der Waals surface area (Å²) < 4.78 is 30.8. The van der Waals surface area contributed by atoms with Crippen molar-refractivity contribution in [2.24, 2.45) is 11.7 Å². The Kier molecular flexibility index (Phi) is 9.72. The monoisotopic (exact) mass is 266 g/mol. The summed E-state index contributed by atoms with van der Waals surface area (Å²) in [5, 5.41) is 0. The molecule has 0 heterocycles. The Labute approximate surface area is 105 Å². The van der Waals surface area contributed by atoms with Gasteiger partial charge in [-0.3, -0.25) is 0 Å². The summed E-state index contributed by atoms with van der Waals surface area (Å²) in [6.07, 6.45) is 2.08. The van der Waals surface area contributed by atoms with Gasteiger partial charge in [-0.2, -0.15) is 0 Å². The highest BCUT2D eigenvalue weighted by atomic mass is 32.2. The molecule has 17 heavy (non-hydrogen) atoms. The quantitative estimate of drug-likeness (QED) is 0.540. The van der Waals surface area contributed by atoms with Gasteiger partial charge in [-0.15, -0.1) is 0 Å². The molecule has 0 bridgehead atoms. The molecule has 0 spiro atoms. The molecule has 6 heteroatoms. The van der Waals surface area contributed by atoms with Gasteiger partial charge in [0.15, 0.2) is 0 Å². The summed E-state index contributed by atoms with van der Waals surface area (Å²) in [6, 6.07) is 0. The highest BCUT2D eigenvalue weighted by Gasteiger charge is 2.08. The average molecular weight is 266 g/mol. The third-order valence-corrected chi connectivity index (χ3v) is 3.58. The van der Waals surface area contributed by atoms with Crippen LogP contribution < -0.4 is 10.5 Å². The molecule has 0 rings (SSSR count). The molecule has 0 fully saturated rings. The lowest BCUT2D eigenvalue weighted by Crippen LogP contribution is -2.28. The van der Waals surface area contributed by atoms with E-state index in [1.54, 1.807) is 0 Å². The zero-order valence-corrected chi connectivity index (χ0v) is 11.8. The third-order valence-electron chi connectivity index (χ3n) is 2.11. The van der Waals surface area contributed by atoms with E-state index in [1.165, 1.54) is 0 Å². The highest BCUT2D eigenvalue weighted by molar-refractivity contribution is 7.89. The SMILES string of the molecule is CC(C)COCCCNS(=O)(=O)CCCCN. The Bertz CT molecular complexity index is 266. The van der Waals surface area contributed by atoms with Crippen LogP contribution in [0.4, 0.5) is 0 Å². The zero-order valence-electron chi connectivity index (χ0n) is 10.9. The van der Waals surface area contributed by atoms with Crippen molar-refractivity contribution in [2.45, 2.75) is 33.1 Å². The number of sulfonamides is 1. The molecule has 0 unspecified atom stereocenters. The Morgan fingerprint density at radius 3 is 2.53 bits per heavy atom. The Balaban J connectivity index is 3.46. The first-order valence-corrected chi connectivity index (χ1v) is 7.88. The minimum atomic E-state index is -3.12. The molecule has 0 amide bonds. The van der Waals surface area contributed by atoms with Crippen molar-refractivity contribution < 1.29 is 13.2 Å². The average Bonchev–Trinajstić information content (AvgIpc) is 2.23. The van der Waals surface area contributed by atoms with E-state index < -0.39 is 10.0 Å². The molecule has 0 aromatic carbocycles. The van der Waals surface area contributed by atoms with Crippen molar-refractivity contribution in [3.8, 4) is 0 Å². The molecule has 0 radical (unpaired) electrons. The minimum absolute atomic E-state index is 0.164. The van der Waals surface area contributed by atoms with E-state index in [1.807, 2.05) is 0 Å². The molecule has 0 saturated heterocycles. The van der Waals surface area contributed by atoms with Crippen LogP contribution in [0.3, 0.4) is 0 Å². The van der Waals surface area contributed by atoms with Gasteiger partial charge in [0.25, 0.3) is 0 Å². The second kappa shape index (κ2) is 9.82. The number of hydrogen-bond donors (Lipinski definition) is 2. The van der Waals surface area contributed by atoms with Gasteiger partial charge in [0.1, 0.15) is 0 Å². The molecule has 0 aliphatic carbocycles. The number of hydrogen-bond acceptors (Lipinski definition) is 4. The van der Waals surface area contributed by atoms with Gasteiger partial charge in [0.2, 0.25) is 10.0 Å². The molecule has 0 atom stereocenters. The maximum atomic E-state index is 11.5. The summed E-state index contributed by atoms with van der Waals surface area (Å²) in [5.74, 6) is 0.680. The number of ether oxygens (including phenoxy) is 1. The zero-order chi connectivity index (χ0) is 13.1. The number of nitrogens with one attached hydrogen (secondary N) is 1. The normalized spacial score (nSPS) is 12.2. The largest absolute Gasteiger partial charge is 0.381 e. The van der Waals surface area contributed by atoms with Crippen LogP contribution in [-0.4, -0.2) is 40.5 Å². The number of rotatable bonds is 11. The molecule has 3 N–H and O–H groups in total. The topological polar surface area (TPSA) is 81.4 Å². The molecular weight excluding hydrogens is 240 g/mol. The molecule has 0 aliphatic heterocycles. The van der Waals surface area contributed by atoms with Crippen molar-refractivity contribution in [3.63, 3.8) is 0 Å². The van der Waals surface area contributed by atoms with Crippen LogP contribution in [0.1, 0.15) is 33.1 Å². The van der Waals surface area contributed by atoms with Gasteiger partial charge in [0.05, 0.1) is 5.75 Å². The van der Waals surface area contributed by atoms with Gasteiger partial charge < -0.3 is 10.5 Å². The van der Waals surface area contributed by atoms with Gasteiger partial charge in [-0.05, 0) is 31.7 Å². The van der Waals surface area contributed by atoms with Crippen molar-refractivity contribution in [1.29, 1.82) is 0 Å². The molecular formula is C11H26N2O3S. The number of nitrogens with two attached hydrogens (primary N) is 1. The maximum Gasteiger partial charge on any atom is 0.211 e. The van der Waals surface area contributed by atoms with E-state index in [2.05, 4.69) is 18.6 Å². The standard InChI is InChI=1S/C11H26N2O3S/c1-11(2)10-16-8-5-7-13-17(14,15)9-4-3-6-12/h11,13H,3-10,12H2,1-2H3. The summed E-state index contributed by atoms with van der Waals surface area (Å²) in [5.41, 5.74) is 5.31. The molecule has 0 saturated carbocycles. The molecule has 5 nitrogen and oxygen atoms in total. The lowest BCUT2D eigenvalue weighted by molar-refractivity contribution is 0.108. The van der Waals surface area contributed by atoms with Crippen LogP contribution in [0.15, 0.2) is 0 Å².